The zero-order chi connectivity index (χ0) is 25.1. The number of primary amides is 1. The number of anilines is 2. The number of amides is 5. The molecule has 1 spiro atoms. The second-order valence-corrected chi connectivity index (χ2v) is 9.36. The first kappa shape index (κ1) is 22.8. The summed E-state index contributed by atoms with van der Waals surface area (Å²) in [6.45, 7) is 0.306. The van der Waals surface area contributed by atoms with Gasteiger partial charge in [0, 0.05) is 41.7 Å². The van der Waals surface area contributed by atoms with Crippen molar-refractivity contribution in [2.75, 3.05) is 16.3 Å². The number of barbiturate groups is 1. The molecule has 3 N–H and O–H groups in total. The number of fused-ring (bicyclic) bond motifs is 4. The molecule has 0 unspecified atom stereocenters. The summed E-state index contributed by atoms with van der Waals surface area (Å²) in [5, 5.41) is 14.1. The molecule has 2 fully saturated rings. The number of urea groups is 1. The van der Waals surface area contributed by atoms with E-state index in [2.05, 4.69) is 5.32 Å². The van der Waals surface area contributed by atoms with Crippen LogP contribution in [0, 0.1) is 21.4 Å². The highest BCUT2D eigenvalue weighted by Gasteiger charge is 2.63. The van der Waals surface area contributed by atoms with Gasteiger partial charge in [-0.3, -0.25) is 29.8 Å². The van der Waals surface area contributed by atoms with Crippen LogP contribution in [-0.2, 0) is 20.8 Å². The maximum absolute atomic E-state index is 14.1. The van der Waals surface area contributed by atoms with Gasteiger partial charge in [0.05, 0.1) is 16.7 Å². The third kappa shape index (κ3) is 3.42. The number of non-ortho nitro benzene ring substituents is 1. The summed E-state index contributed by atoms with van der Waals surface area (Å²) in [7, 11) is 0. The van der Waals surface area contributed by atoms with Crippen LogP contribution >= 0.6 is 11.6 Å². The number of nitrogens with two attached hydrogens (primary N) is 1. The number of imide groups is 2. The van der Waals surface area contributed by atoms with Crippen molar-refractivity contribution >= 4 is 52.4 Å². The summed E-state index contributed by atoms with van der Waals surface area (Å²) in [6.07, 6.45) is 0.334. The van der Waals surface area contributed by atoms with E-state index in [9.17, 15) is 29.3 Å². The molecule has 2 aromatic carbocycles. The van der Waals surface area contributed by atoms with Gasteiger partial charge in [0.25, 0.3) is 11.6 Å². The number of nitro groups is 1. The van der Waals surface area contributed by atoms with Crippen LogP contribution in [0.25, 0.3) is 0 Å². The zero-order valence-electron chi connectivity index (χ0n) is 18.3. The minimum Gasteiger partial charge on any atom is -0.369 e. The number of benzene rings is 2. The highest BCUT2D eigenvalue weighted by Crippen LogP contribution is 2.49. The predicted molar refractivity (Wildman–Crippen MR) is 125 cm³/mol. The van der Waals surface area contributed by atoms with E-state index in [4.69, 9.17) is 17.3 Å². The second kappa shape index (κ2) is 8.05. The Bertz CT molecular complexity index is 1300. The van der Waals surface area contributed by atoms with Crippen LogP contribution < -0.4 is 20.9 Å². The fraction of sp³-hybridized carbons (Fsp3) is 0.304. The van der Waals surface area contributed by atoms with E-state index in [-0.39, 0.29) is 24.2 Å². The minimum atomic E-state index is -1.82. The summed E-state index contributed by atoms with van der Waals surface area (Å²) >= 11 is 5.96. The van der Waals surface area contributed by atoms with Crippen molar-refractivity contribution in [3.05, 3.63) is 63.2 Å². The van der Waals surface area contributed by atoms with Crippen molar-refractivity contribution in [1.82, 2.24) is 5.32 Å². The second-order valence-electron chi connectivity index (χ2n) is 8.93. The molecular formula is C23H20ClN5O6. The lowest BCUT2D eigenvalue weighted by atomic mass is 9.64. The largest absolute Gasteiger partial charge is 0.369 e. The normalized spacial score (nSPS) is 25.7. The third-order valence-electron chi connectivity index (χ3n) is 7.12. The number of hydrogen-bond acceptors (Lipinski definition) is 7. The van der Waals surface area contributed by atoms with Crippen molar-refractivity contribution < 1.29 is 24.1 Å². The number of carbonyl (C=O) groups is 4. The molecule has 0 radical (unpaired) electrons. The lowest BCUT2D eigenvalue weighted by molar-refractivity contribution is -0.384. The van der Waals surface area contributed by atoms with E-state index in [0.717, 1.165) is 4.90 Å². The van der Waals surface area contributed by atoms with Crippen molar-refractivity contribution in [1.29, 1.82) is 0 Å². The summed E-state index contributed by atoms with van der Waals surface area (Å²) in [5.74, 6) is -2.70. The van der Waals surface area contributed by atoms with Crippen LogP contribution in [0.15, 0.2) is 42.5 Å². The number of piperidine rings is 1. The van der Waals surface area contributed by atoms with E-state index in [1.807, 2.05) is 4.90 Å². The van der Waals surface area contributed by atoms with Crippen LogP contribution in [0.4, 0.5) is 21.9 Å². The van der Waals surface area contributed by atoms with Gasteiger partial charge in [0.1, 0.15) is 0 Å². The molecule has 12 heteroatoms. The minimum absolute atomic E-state index is 0.119. The Kier molecular flexibility index (Phi) is 5.24. The van der Waals surface area contributed by atoms with Crippen LogP contribution in [0.1, 0.15) is 18.4 Å². The van der Waals surface area contributed by atoms with Crippen LogP contribution in [0.3, 0.4) is 0 Å². The van der Waals surface area contributed by atoms with Gasteiger partial charge in [-0.2, -0.15) is 0 Å². The van der Waals surface area contributed by atoms with Crippen molar-refractivity contribution in [3.63, 3.8) is 0 Å². The number of rotatable bonds is 3. The number of nitrogens with one attached hydrogen (secondary N) is 1. The maximum atomic E-state index is 14.1. The van der Waals surface area contributed by atoms with Gasteiger partial charge in [-0.1, -0.05) is 11.6 Å². The van der Waals surface area contributed by atoms with Gasteiger partial charge in [-0.25, -0.2) is 9.69 Å². The molecule has 3 aliphatic heterocycles. The quantitative estimate of drug-likeness (QED) is 0.373. The molecule has 2 saturated heterocycles. The maximum Gasteiger partial charge on any atom is 0.335 e. The summed E-state index contributed by atoms with van der Waals surface area (Å²) < 4.78 is 0. The Balaban J connectivity index is 1.68. The fourth-order valence-electron chi connectivity index (χ4n) is 5.43. The molecule has 5 rings (SSSR count). The van der Waals surface area contributed by atoms with Crippen LogP contribution in [-0.4, -0.2) is 41.3 Å². The smallest absolute Gasteiger partial charge is 0.335 e. The highest BCUT2D eigenvalue weighted by atomic mass is 35.5. The average molecular weight is 498 g/mol. The Morgan fingerprint density at radius 3 is 2.54 bits per heavy atom. The van der Waals surface area contributed by atoms with Gasteiger partial charge >= 0.3 is 6.03 Å². The Morgan fingerprint density at radius 2 is 1.89 bits per heavy atom. The average Bonchev–Trinajstić information content (AvgIpc) is 2.83. The SMILES string of the molecule is NC(=O)[C@@H]1CCN2c3ccc([N+](=O)[O-])cc3C[C@]3(C(=O)NC(=O)N(c4ccc(Cl)cc4)C3=O)[C@H]2C1. The molecule has 0 aromatic heterocycles. The third-order valence-corrected chi connectivity index (χ3v) is 7.38. The molecule has 2 aromatic rings. The van der Waals surface area contributed by atoms with Crippen LogP contribution in [0.5, 0.6) is 0 Å². The van der Waals surface area contributed by atoms with Gasteiger partial charge in [0.15, 0.2) is 5.41 Å². The number of hydrogen-bond donors (Lipinski definition) is 2. The molecule has 3 heterocycles. The van der Waals surface area contributed by atoms with Crippen LogP contribution in [0.2, 0.25) is 5.02 Å². The van der Waals surface area contributed by atoms with Gasteiger partial charge in [-0.05, 0) is 48.7 Å². The predicted octanol–water partition coefficient (Wildman–Crippen LogP) is 2.14. The molecular weight excluding hydrogens is 478 g/mol. The molecule has 3 aliphatic rings. The topological polar surface area (TPSA) is 156 Å². The van der Waals surface area contributed by atoms with E-state index < -0.39 is 46.1 Å². The van der Waals surface area contributed by atoms with Crippen molar-refractivity contribution in [2.24, 2.45) is 17.1 Å². The van der Waals surface area contributed by atoms with Crippen molar-refractivity contribution in [3.8, 4) is 0 Å². The number of carbonyl (C=O) groups excluding carboxylic acids is 4. The Labute approximate surface area is 203 Å². The molecule has 0 saturated carbocycles. The first-order chi connectivity index (χ1) is 16.6. The molecule has 35 heavy (non-hydrogen) atoms. The molecule has 5 amide bonds. The lowest BCUT2D eigenvalue weighted by Gasteiger charge is -2.54. The summed E-state index contributed by atoms with van der Waals surface area (Å²) in [4.78, 5) is 66.1. The molecule has 0 bridgehead atoms. The number of halogens is 1. The Hall–Kier alpha value is -3.99. The summed E-state index contributed by atoms with van der Waals surface area (Å²) in [6, 6.07) is 8.57. The summed E-state index contributed by atoms with van der Waals surface area (Å²) in [5.41, 5.74) is 4.87. The Morgan fingerprint density at radius 1 is 1.17 bits per heavy atom. The fourth-order valence-corrected chi connectivity index (χ4v) is 5.56. The van der Waals surface area contributed by atoms with E-state index in [1.54, 1.807) is 6.07 Å². The van der Waals surface area contributed by atoms with Crippen molar-refractivity contribution in [2.45, 2.75) is 25.3 Å². The van der Waals surface area contributed by atoms with E-state index in [1.165, 1.54) is 36.4 Å². The molecule has 3 atom stereocenters. The molecule has 0 aliphatic carbocycles. The van der Waals surface area contributed by atoms with E-state index >= 15 is 0 Å². The lowest BCUT2D eigenvalue weighted by Crippen LogP contribution is -2.73. The van der Waals surface area contributed by atoms with Gasteiger partial charge in [-0.15, -0.1) is 0 Å². The first-order valence-electron chi connectivity index (χ1n) is 10.9. The number of nitrogens with zero attached hydrogens (tertiary/aromatic N) is 3. The highest BCUT2D eigenvalue weighted by molar-refractivity contribution is 6.32. The number of nitro benzene ring substituents is 1. The molecule has 11 nitrogen and oxygen atoms in total. The van der Waals surface area contributed by atoms with E-state index in [0.29, 0.717) is 29.2 Å². The first-order valence-corrected chi connectivity index (χ1v) is 11.3. The zero-order valence-corrected chi connectivity index (χ0v) is 19.0. The van der Waals surface area contributed by atoms with Gasteiger partial charge in [0.2, 0.25) is 11.8 Å². The standard InChI is InChI=1S/C23H20ClN5O6/c24-14-1-3-15(4-2-14)28-21(32)23(20(31)26-22(28)33)11-13-9-16(29(34)35)5-6-17(13)27-8-7-12(19(25)30)10-18(23)27/h1-6,9,12,18H,7-8,10-11H2,(H2,25,30)(H,26,31,33)/t12-,18-,23-/m1/s1. The monoisotopic (exact) mass is 497 g/mol. The van der Waals surface area contributed by atoms with Gasteiger partial charge < -0.3 is 10.6 Å². The molecule has 180 valence electrons.